The average Bonchev–Trinajstić information content (AvgIpc) is 2.39. The predicted molar refractivity (Wildman–Crippen MR) is 85.3 cm³/mol. The van der Waals surface area contributed by atoms with Crippen LogP contribution < -0.4 is 4.90 Å². The van der Waals surface area contributed by atoms with Gasteiger partial charge in [0.15, 0.2) is 0 Å². The summed E-state index contributed by atoms with van der Waals surface area (Å²) in [4.78, 5) is 2.21. The van der Waals surface area contributed by atoms with E-state index in [1.165, 1.54) is 0 Å². The first-order valence-corrected chi connectivity index (χ1v) is 7.52. The van der Waals surface area contributed by atoms with Gasteiger partial charge in [0.2, 0.25) is 0 Å². The molecule has 0 saturated heterocycles. The molecule has 4 nitrogen and oxygen atoms in total. The van der Waals surface area contributed by atoms with Gasteiger partial charge in [-0.1, -0.05) is 22.0 Å². The number of halogens is 1. The summed E-state index contributed by atoms with van der Waals surface area (Å²) in [6.07, 6.45) is -0.516. The van der Waals surface area contributed by atoms with Crippen LogP contribution in [0.25, 0.3) is 0 Å². The number of hydrogen-bond acceptors (Lipinski definition) is 4. The van der Waals surface area contributed by atoms with Crippen LogP contribution >= 0.6 is 15.9 Å². The summed E-state index contributed by atoms with van der Waals surface area (Å²) in [7, 11) is 3.39. The standard InChI is InChI=1S/C15H24BrNO3/c1-11(10-20-4)17(7-8-19-3)15-9-13(16)5-6-14(15)12(2)18/h5-6,9,11-12,18H,7-8,10H2,1-4H3. The lowest BCUT2D eigenvalue weighted by Crippen LogP contribution is -2.39. The van der Waals surface area contributed by atoms with Crippen LogP contribution in [0.15, 0.2) is 22.7 Å². The van der Waals surface area contributed by atoms with Crippen LogP contribution in [0.3, 0.4) is 0 Å². The molecule has 114 valence electrons. The summed E-state index contributed by atoms with van der Waals surface area (Å²) in [5.74, 6) is 0. The van der Waals surface area contributed by atoms with Crippen molar-refractivity contribution in [1.82, 2.24) is 0 Å². The molecule has 20 heavy (non-hydrogen) atoms. The van der Waals surface area contributed by atoms with E-state index in [4.69, 9.17) is 9.47 Å². The third-order valence-corrected chi connectivity index (χ3v) is 3.72. The summed E-state index contributed by atoms with van der Waals surface area (Å²) in [6.45, 7) is 5.88. The van der Waals surface area contributed by atoms with E-state index in [-0.39, 0.29) is 6.04 Å². The largest absolute Gasteiger partial charge is 0.389 e. The Morgan fingerprint density at radius 1 is 1.25 bits per heavy atom. The van der Waals surface area contributed by atoms with Crippen LogP contribution in [-0.4, -0.2) is 45.1 Å². The summed E-state index contributed by atoms with van der Waals surface area (Å²) >= 11 is 3.50. The maximum atomic E-state index is 9.98. The first-order chi connectivity index (χ1) is 9.51. The van der Waals surface area contributed by atoms with Crippen LogP contribution in [-0.2, 0) is 9.47 Å². The molecule has 2 unspecified atom stereocenters. The SMILES string of the molecule is COCCN(c1cc(Br)ccc1C(C)O)C(C)COC. The molecule has 0 amide bonds. The van der Waals surface area contributed by atoms with Gasteiger partial charge in [-0.2, -0.15) is 0 Å². The Morgan fingerprint density at radius 2 is 1.95 bits per heavy atom. The van der Waals surface area contributed by atoms with E-state index in [2.05, 4.69) is 27.8 Å². The zero-order chi connectivity index (χ0) is 15.1. The van der Waals surface area contributed by atoms with Gasteiger partial charge in [0.25, 0.3) is 0 Å². The van der Waals surface area contributed by atoms with Gasteiger partial charge >= 0.3 is 0 Å². The topological polar surface area (TPSA) is 41.9 Å². The number of rotatable bonds is 8. The lowest BCUT2D eigenvalue weighted by Gasteiger charge is -2.33. The van der Waals surface area contributed by atoms with E-state index in [0.29, 0.717) is 13.2 Å². The minimum atomic E-state index is -0.516. The fourth-order valence-corrected chi connectivity index (χ4v) is 2.57. The minimum Gasteiger partial charge on any atom is -0.389 e. The number of anilines is 1. The van der Waals surface area contributed by atoms with Gasteiger partial charge in [0, 0.05) is 42.5 Å². The van der Waals surface area contributed by atoms with Crippen molar-refractivity contribution in [3.8, 4) is 0 Å². The Hall–Kier alpha value is -0.620. The summed E-state index contributed by atoms with van der Waals surface area (Å²) < 4.78 is 11.4. The molecular weight excluding hydrogens is 322 g/mol. The Bertz CT molecular complexity index is 412. The highest BCUT2D eigenvalue weighted by Crippen LogP contribution is 2.31. The first kappa shape index (κ1) is 17.4. The normalized spacial score (nSPS) is 14.1. The van der Waals surface area contributed by atoms with Gasteiger partial charge in [-0.25, -0.2) is 0 Å². The highest BCUT2D eigenvalue weighted by Gasteiger charge is 2.19. The van der Waals surface area contributed by atoms with Crippen molar-refractivity contribution in [2.24, 2.45) is 0 Å². The second-order valence-corrected chi connectivity index (χ2v) is 5.79. The number of aliphatic hydroxyl groups excluding tert-OH is 1. The van der Waals surface area contributed by atoms with Crippen LogP contribution in [0, 0.1) is 0 Å². The molecule has 2 atom stereocenters. The van der Waals surface area contributed by atoms with Crippen molar-refractivity contribution < 1.29 is 14.6 Å². The third-order valence-electron chi connectivity index (χ3n) is 3.23. The fourth-order valence-electron chi connectivity index (χ4n) is 2.22. The van der Waals surface area contributed by atoms with E-state index < -0.39 is 6.10 Å². The molecule has 0 aliphatic rings. The van der Waals surface area contributed by atoms with Crippen molar-refractivity contribution in [1.29, 1.82) is 0 Å². The summed E-state index contributed by atoms with van der Waals surface area (Å²) in [5.41, 5.74) is 1.92. The number of methoxy groups -OCH3 is 2. The number of ether oxygens (including phenoxy) is 2. The fraction of sp³-hybridized carbons (Fsp3) is 0.600. The van der Waals surface area contributed by atoms with Gasteiger partial charge in [-0.05, 0) is 26.0 Å². The summed E-state index contributed by atoms with van der Waals surface area (Å²) in [6, 6.07) is 6.12. The summed E-state index contributed by atoms with van der Waals surface area (Å²) in [5, 5.41) is 9.98. The van der Waals surface area contributed by atoms with E-state index in [0.717, 1.165) is 22.3 Å². The lowest BCUT2D eigenvalue weighted by atomic mass is 10.1. The van der Waals surface area contributed by atoms with E-state index in [1.807, 2.05) is 18.2 Å². The molecule has 0 saturated carbocycles. The maximum absolute atomic E-state index is 9.98. The molecule has 1 rings (SSSR count). The molecule has 0 heterocycles. The van der Waals surface area contributed by atoms with Crippen LogP contribution in [0.2, 0.25) is 0 Å². The van der Waals surface area contributed by atoms with Crippen molar-refractivity contribution in [3.05, 3.63) is 28.2 Å². The van der Waals surface area contributed by atoms with Crippen LogP contribution in [0.5, 0.6) is 0 Å². The molecule has 0 aliphatic carbocycles. The van der Waals surface area contributed by atoms with E-state index >= 15 is 0 Å². The Labute approximate surface area is 129 Å². The zero-order valence-corrected chi connectivity index (χ0v) is 14.2. The molecule has 5 heteroatoms. The molecule has 1 aromatic carbocycles. The Kier molecular flexibility index (Phi) is 7.51. The van der Waals surface area contributed by atoms with Crippen LogP contribution in [0.1, 0.15) is 25.5 Å². The highest BCUT2D eigenvalue weighted by atomic mass is 79.9. The molecule has 0 spiro atoms. The Balaban J connectivity index is 3.13. The van der Waals surface area contributed by atoms with Crippen molar-refractivity contribution in [3.63, 3.8) is 0 Å². The van der Waals surface area contributed by atoms with Gasteiger partial charge in [-0.3, -0.25) is 0 Å². The predicted octanol–water partition coefficient (Wildman–Crippen LogP) is 2.99. The molecule has 0 bridgehead atoms. The third kappa shape index (κ3) is 4.74. The van der Waals surface area contributed by atoms with Gasteiger partial charge in [0.05, 0.1) is 19.3 Å². The van der Waals surface area contributed by atoms with Crippen molar-refractivity contribution in [2.75, 3.05) is 38.9 Å². The second-order valence-electron chi connectivity index (χ2n) is 4.87. The highest BCUT2D eigenvalue weighted by molar-refractivity contribution is 9.10. The van der Waals surface area contributed by atoms with Crippen molar-refractivity contribution >= 4 is 21.6 Å². The molecule has 0 radical (unpaired) electrons. The average molecular weight is 346 g/mol. The number of hydrogen-bond donors (Lipinski definition) is 1. The number of nitrogens with zero attached hydrogens (tertiary/aromatic N) is 1. The molecule has 1 N–H and O–H groups in total. The van der Waals surface area contributed by atoms with E-state index in [1.54, 1.807) is 21.1 Å². The maximum Gasteiger partial charge on any atom is 0.0782 e. The first-order valence-electron chi connectivity index (χ1n) is 6.73. The Morgan fingerprint density at radius 3 is 2.50 bits per heavy atom. The zero-order valence-electron chi connectivity index (χ0n) is 12.6. The number of aliphatic hydroxyl groups is 1. The molecule has 0 aliphatic heterocycles. The molecule has 1 aromatic rings. The molecular formula is C15H24BrNO3. The smallest absolute Gasteiger partial charge is 0.0782 e. The minimum absolute atomic E-state index is 0.196. The monoisotopic (exact) mass is 345 g/mol. The molecule has 0 fully saturated rings. The van der Waals surface area contributed by atoms with Crippen molar-refractivity contribution in [2.45, 2.75) is 26.0 Å². The quantitative estimate of drug-likeness (QED) is 0.786. The number of benzene rings is 1. The van der Waals surface area contributed by atoms with Gasteiger partial charge in [0.1, 0.15) is 0 Å². The van der Waals surface area contributed by atoms with Gasteiger partial charge < -0.3 is 19.5 Å². The van der Waals surface area contributed by atoms with Crippen LogP contribution in [0.4, 0.5) is 5.69 Å². The molecule has 0 aromatic heterocycles. The van der Waals surface area contributed by atoms with Gasteiger partial charge in [-0.15, -0.1) is 0 Å². The van der Waals surface area contributed by atoms with E-state index in [9.17, 15) is 5.11 Å². The second kappa shape index (κ2) is 8.62. The lowest BCUT2D eigenvalue weighted by molar-refractivity contribution is 0.169.